The maximum Gasteiger partial charge on any atom is 0.274 e. The first-order valence-corrected chi connectivity index (χ1v) is 9.55. The lowest BCUT2D eigenvalue weighted by Gasteiger charge is -2.11. The molecule has 0 atom stereocenters. The third kappa shape index (κ3) is 5.54. The molecule has 3 aromatic rings. The Morgan fingerprint density at radius 1 is 1.03 bits per heavy atom. The second kappa shape index (κ2) is 9.19. The molecule has 6 nitrogen and oxygen atoms in total. The lowest BCUT2D eigenvalue weighted by atomic mass is 10.1. The number of ether oxygens (including phenoxy) is 1. The van der Waals surface area contributed by atoms with Gasteiger partial charge in [0.2, 0.25) is 0 Å². The molecule has 2 N–H and O–H groups in total. The van der Waals surface area contributed by atoms with Crippen LogP contribution in [-0.4, -0.2) is 29.5 Å². The summed E-state index contributed by atoms with van der Waals surface area (Å²) >= 11 is 0. The number of nitrogens with zero attached hydrogens (tertiary/aromatic N) is 2. The van der Waals surface area contributed by atoms with Gasteiger partial charge in [0.1, 0.15) is 23.1 Å². The fraction of sp³-hybridized carbons (Fsp3) is 0.261. The molecule has 1 amide bonds. The van der Waals surface area contributed by atoms with Crippen molar-refractivity contribution < 1.29 is 9.53 Å². The Bertz CT molecular complexity index is 1020. The first-order valence-electron chi connectivity index (χ1n) is 9.55. The highest BCUT2D eigenvalue weighted by molar-refractivity contribution is 6.03. The van der Waals surface area contributed by atoms with Crippen LogP contribution in [0.2, 0.25) is 0 Å². The van der Waals surface area contributed by atoms with Gasteiger partial charge < -0.3 is 15.4 Å². The Balaban J connectivity index is 1.67. The molecule has 29 heavy (non-hydrogen) atoms. The molecular formula is C23H26N4O2. The number of aromatic nitrogens is 2. The van der Waals surface area contributed by atoms with Crippen LogP contribution in [0, 0.1) is 20.8 Å². The molecule has 0 aliphatic rings. The van der Waals surface area contributed by atoms with Crippen LogP contribution in [0.15, 0.2) is 48.5 Å². The predicted octanol–water partition coefficient (Wildman–Crippen LogP) is 4.32. The molecule has 0 saturated carbocycles. The summed E-state index contributed by atoms with van der Waals surface area (Å²) in [6.07, 6.45) is 0.810. The molecular weight excluding hydrogens is 364 g/mol. The Morgan fingerprint density at radius 2 is 1.86 bits per heavy atom. The highest BCUT2D eigenvalue weighted by Gasteiger charge is 2.12. The van der Waals surface area contributed by atoms with E-state index in [1.807, 2.05) is 50.2 Å². The van der Waals surface area contributed by atoms with Crippen molar-refractivity contribution in [2.24, 2.45) is 0 Å². The Kier molecular flexibility index (Phi) is 6.44. The van der Waals surface area contributed by atoms with E-state index in [1.165, 1.54) is 0 Å². The fourth-order valence-corrected chi connectivity index (χ4v) is 2.99. The zero-order valence-electron chi connectivity index (χ0n) is 17.2. The molecule has 1 heterocycles. The van der Waals surface area contributed by atoms with Crippen molar-refractivity contribution in [1.29, 1.82) is 0 Å². The number of aryl methyl sites for hydroxylation is 3. The van der Waals surface area contributed by atoms with E-state index < -0.39 is 0 Å². The quantitative estimate of drug-likeness (QED) is 0.628. The molecule has 150 valence electrons. The number of benzene rings is 2. The summed E-state index contributed by atoms with van der Waals surface area (Å²) < 4.78 is 5.26. The minimum absolute atomic E-state index is 0.250. The van der Waals surface area contributed by atoms with E-state index >= 15 is 0 Å². The summed E-state index contributed by atoms with van der Waals surface area (Å²) in [4.78, 5) is 21.4. The number of hydrogen-bond acceptors (Lipinski definition) is 5. The Hall–Kier alpha value is -3.41. The largest absolute Gasteiger partial charge is 0.497 e. The molecule has 6 heteroatoms. The van der Waals surface area contributed by atoms with E-state index in [0.717, 1.165) is 34.5 Å². The van der Waals surface area contributed by atoms with E-state index in [1.54, 1.807) is 20.1 Å². The second-order valence-electron chi connectivity index (χ2n) is 6.99. The standard InChI is InChI=1S/C23H26N4O2/c1-15-8-9-16(2)20(12-15)27-23(28)21-14-22(26-17(3)25-21)24-11-10-18-6-5-7-19(13-18)29-4/h5-9,12-14H,10-11H2,1-4H3,(H,27,28)(H,24,25,26). The number of anilines is 2. The third-order valence-corrected chi connectivity index (χ3v) is 4.57. The van der Waals surface area contributed by atoms with Crippen LogP contribution in [0.25, 0.3) is 0 Å². The summed E-state index contributed by atoms with van der Waals surface area (Å²) in [5.41, 5.74) is 4.38. The molecule has 0 saturated heterocycles. The average Bonchev–Trinajstić information content (AvgIpc) is 2.70. The number of carbonyl (C=O) groups is 1. The van der Waals surface area contributed by atoms with Crippen LogP contribution in [0.3, 0.4) is 0 Å². The van der Waals surface area contributed by atoms with Crippen molar-refractivity contribution in [3.05, 3.63) is 76.7 Å². The normalized spacial score (nSPS) is 10.5. The Morgan fingerprint density at radius 3 is 2.66 bits per heavy atom. The van der Waals surface area contributed by atoms with Crippen molar-refractivity contribution in [1.82, 2.24) is 9.97 Å². The third-order valence-electron chi connectivity index (χ3n) is 4.57. The van der Waals surface area contributed by atoms with Gasteiger partial charge in [0.15, 0.2) is 0 Å². The molecule has 3 rings (SSSR count). The molecule has 2 aromatic carbocycles. The summed E-state index contributed by atoms with van der Waals surface area (Å²) in [6.45, 7) is 6.42. The van der Waals surface area contributed by atoms with Crippen LogP contribution in [0.5, 0.6) is 5.75 Å². The number of methoxy groups -OCH3 is 1. The van der Waals surface area contributed by atoms with Crippen molar-refractivity contribution in [3.8, 4) is 5.75 Å². The molecule has 0 aliphatic heterocycles. The van der Waals surface area contributed by atoms with Crippen LogP contribution in [0.1, 0.15) is 33.0 Å². The number of rotatable bonds is 7. The Labute approximate surface area is 171 Å². The topological polar surface area (TPSA) is 76.1 Å². The first kappa shape index (κ1) is 20.3. The van der Waals surface area contributed by atoms with Gasteiger partial charge in [0.05, 0.1) is 7.11 Å². The van der Waals surface area contributed by atoms with Gasteiger partial charge in [-0.1, -0.05) is 24.3 Å². The summed E-state index contributed by atoms with van der Waals surface area (Å²) in [7, 11) is 1.66. The van der Waals surface area contributed by atoms with Gasteiger partial charge in [-0.2, -0.15) is 0 Å². The molecule has 0 radical (unpaired) electrons. The van der Waals surface area contributed by atoms with E-state index in [9.17, 15) is 4.79 Å². The van der Waals surface area contributed by atoms with E-state index in [0.29, 0.717) is 23.9 Å². The number of carbonyl (C=O) groups excluding carboxylic acids is 1. The lowest BCUT2D eigenvalue weighted by molar-refractivity contribution is 0.102. The van der Waals surface area contributed by atoms with Gasteiger partial charge in [-0.05, 0) is 62.1 Å². The van der Waals surface area contributed by atoms with Crippen LogP contribution in [0.4, 0.5) is 11.5 Å². The second-order valence-corrected chi connectivity index (χ2v) is 6.99. The average molecular weight is 390 g/mol. The molecule has 0 unspecified atom stereocenters. The van der Waals surface area contributed by atoms with Gasteiger partial charge >= 0.3 is 0 Å². The van der Waals surface area contributed by atoms with Gasteiger partial charge in [0, 0.05) is 18.3 Å². The summed E-state index contributed by atoms with van der Waals surface area (Å²) in [5, 5.41) is 6.22. The van der Waals surface area contributed by atoms with Crippen molar-refractivity contribution in [2.75, 3.05) is 24.3 Å². The minimum Gasteiger partial charge on any atom is -0.497 e. The van der Waals surface area contributed by atoms with E-state index in [2.05, 4.69) is 26.7 Å². The lowest BCUT2D eigenvalue weighted by Crippen LogP contribution is -2.17. The van der Waals surface area contributed by atoms with Crippen molar-refractivity contribution >= 4 is 17.4 Å². The highest BCUT2D eigenvalue weighted by Crippen LogP contribution is 2.18. The zero-order valence-corrected chi connectivity index (χ0v) is 17.2. The maximum atomic E-state index is 12.7. The van der Waals surface area contributed by atoms with Crippen LogP contribution in [-0.2, 0) is 6.42 Å². The zero-order chi connectivity index (χ0) is 20.8. The van der Waals surface area contributed by atoms with Gasteiger partial charge in [0.25, 0.3) is 5.91 Å². The molecule has 0 spiro atoms. The number of nitrogens with one attached hydrogen (secondary N) is 2. The smallest absolute Gasteiger partial charge is 0.274 e. The predicted molar refractivity (Wildman–Crippen MR) is 116 cm³/mol. The van der Waals surface area contributed by atoms with Gasteiger partial charge in [-0.3, -0.25) is 4.79 Å². The molecule has 0 bridgehead atoms. The highest BCUT2D eigenvalue weighted by atomic mass is 16.5. The SMILES string of the molecule is COc1cccc(CCNc2cc(C(=O)Nc3cc(C)ccc3C)nc(C)n2)c1. The van der Waals surface area contributed by atoms with Crippen molar-refractivity contribution in [3.63, 3.8) is 0 Å². The van der Waals surface area contributed by atoms with Gasteiger partial charge in [-0.25, -0.2) is 9.97 Å². The van der Waals surface area contributed by atoms with Crippen molar-refractivity contribution in [2.45, 2.75) is 27.2 Å². The number of hydrogen-bond donors (Lipinski definition) is 2. The minimum atomic E-state index is -0.250. The monoisotopic (exact) mass is 390 g/mol. The van der Waals surface area contributed by atoms with E-state index in [-0.39, 0.29) is 5.91 Å². The summed E-state index contributed by atoms with van der Waals surface area (Å²) in [6, 6.07) is 15.6. The van der Waals surface area contributed by atoms with Gasteiger partial charge in [-0.15, -0.1) is 0 Å². The molecule has 0 aliphatic carbocycles. The summed E-state index contributed by atoms with van der Waals surface area (Å²) in [5.74, 6) is 1.76. The van der Waals surface area contributed by atoms with Crippen LogP contribution < -0.4 is 15.4 Å². The molecule has 1 aromatic heterocycles. The number of amides is 1. The first-order chi connectivity index (χ1) is 13.9. The maximum absolute atomic E-state index is 12.7. The fourth-order valence-electron chi connectivity index (χ4n) is 2.99. The van der Waals surface area contributed by atoms with E-state index in [4.69, 9.17) is 4.74 Å². The molecule has 0 fully saturated rings. The van der Waals surface area contributed by atoms with Crippen LogP contribution >= 0.6 is 0 Å².